The molecule has 0 amide bonds. The van der Waals surface area contributed by atoms with E-state index in [2.05, 4.69) is 4.40 Å². The van der Waals surface area contributed by atoms with Crippen LogP contribution in [0.4, 0.5) is 0 Å². The summed E-state index contributed by atoms with van der Waals surface area (Å²) in [4.78, 5) is 9.17. The SMILES string of the molecule is [3H]CSN=C=O. The van der Waals surface area contributed by atoms with Crippen molar-refractivity contribution < 1.29 is 6.17 Å². The van der Waals surface area contributed by atoms with Gasteiger partial charge >= 0.3 is 0 Å². The molecule has 2 nitrogen and oxygen atoms in total. The molecule has 0 aromatic rings. The second kappa shape index (κ2) is 3.73. The van der Waals surface area contributed by atoms with Gasteiger partial charge < -0.3 is 0 Å². The zero-order valence-corrected chi connectivity index (χ0v) is 3.29. The van der Waals surface area contributed by atoms with Gasteiger partial charge in [0.15, 0.2) is 0 Å². The summed E-state index contributed by atoms with van der Waals surface area (Å²) in [6, 6.07) is 0. The fraction of sp³-hybridized carbons (Fsp3) is 0.500. The van der Waals surface area contributed by atoms with Crippen LogP contribution in [0.3, 0.4) is 0 Å². The molecule has 0 aromatic heterocycles. The lowest BCUT2D eigenvalue weighted by molar-refractivity contribution is 0.566. The molecule has 0 bridgehead atoms. The molecule has 28 valence electrons. The summed E-state index contributed by atoms with van der Waals surface area (Å²) in [7, 11) is 0. The molecule has 0 heterocycles. The molecular formula is C2H3NOS. The van der Waals surface area contributed by atoms with Crippen molar-refractivity contribution in [3.63, 3.8) is 0 Å². The maximum Gasteiger partial charge on any atom is 0.247 e. The monoisotopic (exact) mass is 91.0 g/mol. The number of nitrogens with zero attached hydrogens (tertiary/aromatic N) is 1. The van der Waals surface area contributed by atoms with Gasteiger partial charge in [-0.1, -0.05) is 0 Å². The normalized spacial score (nSPS) is 8.40. The Morgan fingerprint density at radius 1 is 2.40 bits per heavy atom. The van der Waals surface area contributed by atoms with E-state index in [0.717, 1.165) is 11.9 Å². The summed E-state index contributed by atoms with van der Waals surface area (Å²) >= 11 is 0.876. The number of hydrogen-bond donors (Lipinski definition) is 0. The molecule has 0 atom stereocenters. The van der Waals surface area contributed by atoms with E-state index < -0.39 is 0 Å². The minimum absolute atomic E-state index is 0.0925. The van der Waals surface area contributed by atoms with Crippen molar-refractivity contribution >= 4 is 18.0 Å². The Morgan fingerprint density at radius 2 is 3.20 bits per heavy atom. The molecule has 0 aromatic carbocycles. The van der Waals surface area contributed by atoms with Crippen molar-refractivity contribution in [2.75, 3.05) is 6.23 Å². The van der Waals surface area contributed by atoms with Crippen LogP contribution < -0.4 is 0 Å². The Morgan fingerprint density at radius 3 is 3.40 bits per heavy atom. The van der Waals surface area contributed by atoms with E-state index in [1.54, 1.807) is 0 Å². The van der Waals surface area contributed by atoms with Gasteiger partial charge in [-0.15, -0.1) is 4.40 Å². The third-order valence-corrected chi connectivity index (χ3v) is 0.305. The minimum atomic E-state index is 0.0925. The average molecular weight is 91.1 g/mol. The first-order valence-corrected chi connectivity index (χ1v) is 1.84. The van der Waals surface area contributed by atoms with Gasteiger partial charge in [0, 0.05) is 7.60 Å². The molecular weight excluding hydrogens is 86.1 g/mol. The summed E-state index contributed by atoms with van der Waals surface area (Å²) < 4.78 is 9.41. The summed E-state index contributed by atoms with van der Waals surface area (Å²) in [5.41, 5.74) is 0. The molecule has 0 aliphatic rings. The maximum absolute atomic E-state index is 9.17. The predicted octanol–water partition coefficient (Wildman–Crippen LogP) is 0.600. The summed E-state index contributed by atoms with van der Waals surface area (Å²) in [5.74, 6) is 0. The Hall–Kier alpha value is -0.270. The van der Waals surface area contributed by atoms with E-state index in [1.165, 1.54) is 6.08 Å². The molecule has 0 fully saturated rings. The van der Waals surface area contributed by atoms with Crippen LogP contribution in [0.5, 0.6) is 0 Å². The van der Waals surface area contributed by atoms with Crippen molar-refractivity contribution in [1.82, 2.24) is 0 Å². The van der Waals surface area contributed by atoms with Gasteiger partial charge in [0.05, 0.1) is 0 Å². The zero-order valence-electron chi connectivity index (χ0n) is 3.47. The highest BCUT2D eigenvalue weighted by Crippen LogP contribution is 1.85. The molecule has 3 heteroatoms. The summed E-state index contributed by atoms with van der Waals surface area (Å²) in [5, 5.41) is 0. The predicted molar refractivity (Wildman–Crippen MR) is 21.6 cm³/mol. The lowest BCUT2D eigenvalue weighted by Crippen LogP contribution is -1.38. The van der Waals surface area contributed by atoms with Crippen LogP contribution >= 0.6 is 11.9 Å². The van der Waals surface area contributed by atoms with Crippen LogP contribution in [0, 0.1) is 0 Å². The third kappa shape index (κ3) is 3.73. The Bertz CT molecular complexity index is 69.9. The van der Waals surface area contributed by atoms with Crippen molar-refractivity contribution in [2.24, 2.45) is 4.40 Å². The van der Waals surface area contributed by atoms with E-state index in [-0.39, 0.29) is 6.23 Å². The molecule has 0 aliphatic heterocycles. The van der Waals surface area contributed by atoms with Crippen molar-refractivity contribution in [1.29, 1.82) is 0 Å². The van der Waals surface area contributed by atoms with E-state index in [4.69, 9.17) is 6.17 Å². The largest absolute Gasteiger partial charge is 0.247 e. The quantitative estimate of drug-likeness (QED) is 0.268. The zero-order chi connectivity index (χ0) is 4.83. The molecule has 0 rings (SSSR count). The van der Waals surface area contributed by atoms with Gasteiger partial charge in [0.25, 0.3) is 0 Å². The second-order valence-corrected chi connectivity index (χ2v) is 0.752. The van der Waals surface area contributed by atoms with Crippen molar-refractivity contribution in [3.05, 3.63) is 0 Å². The van der Waals surface area contributed by atoms with Gasteiger partial charge in [0.2, 0.25) is 6.08 Å². The van der Waals surface area contributed by atoms with E-state index in [1.807, 2.05) is 0 Å². The highest BCUT2D eigenvalue weighted by atomic mass is 32.2. The maximum atomic E-state index is 9.17. The summed E-state index contributed by atoms with van der Waals surface area (Å²) in [6.45, 7) is 0. The van der Waals surface area contributed by atoms with Gasteiger partial charge in [-0.05, 0) is 11.9 Å². The van der Waals surface area contributed by atoms with Crippen LogP contribution in [0.25, 0.3) is 0 Å². The minimum Gasteiger partial charge on any atom is -0.210 e. The smallest absolute Gasteiger partial charge is 0.210 e. The molecule has 0 unspecified atom stereocenters. The number of carbonyl (C=O) groups excluding carboxylic acids is 1. The van der Waals surface area contributed by atoms with Crippen LogP contribution in [-0.2, 0) is 4.79 Å². The molecule has 5 heavy (non-hydrogen) atoms. The topological polar surface area (TPSA) is 29.4 Å². The van der Waals surface area contributed by atoms with Crippen LogP contribution in [-0.4, -0.2) is 12.3 Å². The van der Waals surface area contributed by atoms with Gasteiger partial charge in [-0.25, -0.2) is 4.79 Å². The lowest BCUT2D eigenvalue weighted by Gasteiger charge is -1.57. The molecule has 0 spiro atoms. The highest BCUT2D eigenvalue weighted by Gasteiger charge is 1.52. The number of hydrogen-bond acceptors (Lipinski definition) is 3. The standard InChI is InChI=1S/C2H3NOS/c1-5-3-2-4/h1H3/i1T. The fourth-order valence-electron chi connectivity index (χ4n) is 0.0264. The first-order valence-electron chi connectivity index (χ1n) is 1.61. The van der Waals surface area contributed by atoms with Gasteiger partial charge in [-0.3, -0.25) is 0 Å². The Kier molecular flexibility index (Phi) is 2.19. The highest BCUT2D eigenvalue weighted by molar-refractivity contribution is 7.97. The summed E-state index contributed by atoms with van der Waals surface area (Å²) in [6.07, 6.45) is 1.38. The molecule has 0 saturated heterocycles. The van der Waals surface area contributed by atoms with Crippen LogP contribution in [0.15, 0.2) is 4.40 Å². The van der Waals surface area contributed by atoms with Crippen molar-refractivity contribution in [3.8, 4) is 0 Å². The molecule has 0 radical (unpaired) electrons. The van der Waals surface area contributed by atoms with Gasteiger partial charge in [-0.2, -0.15) is 0 Å². The third-order valence-electron chi connectivity index (χ3n) is 0.102. The number of isocyanates is 1. The molecule has 0 saturated carbocycles. The average Bonchev–Trinajstić information content (AvgIpc) is 1.61. The van der Waals surface area contributed by atoms with Crippen LogP contribution in [0.2, 0.25) is 0 Å². The first-order chi connectivity index (χ1) is 2.91. The van der Waals surface area contributed by atoms with E-state index in [9.17, 15) is 0 Å². The van der Waals surface area contributed by atoms with Crippen molar-refractivity contribution in [2.45, 2.75) is 0 Å². The fourth-order valence-corrected chi connectivity index (χ4v) is 0.0791. The molecule has 0 aliphatic carbocycles. The lowest BCUT2D eigenvalue weighted by atomic mass is 11.7. The van der Waals surface area contributed by atoms with Gasteiger partial charge in [0.1, 0.15) is 0 Å². The van der Waals surface area contributed by atoms with E-state index >= 15 is 0 Å². The Balaban J connectivity index is 2.86. The van der Waals surface area contributed by atoms with Crippen LogP contribution in [0.1, 0.15) is 1.37 Å². The first kappa shape index (κ1) is 2.94. The number of rotatable bonds is 1. The Labute approximate surface area is 35.8 Å². The van der Waals surface area contributed by atoms with E-state index in [0.29, 0.717) is 0 Å². The molecule has 0 N–H and O–H groups in total. The second-order valence-electron chi connectivity index (χ2n) is 0.312.